The molecule has 0 unspecified atom stereocenters. The monoisotopic (exact) mass is 332 g/mol. The van der Waals surface area contributed by atoms with Crippen molar-refractivity contribution in [1.82, 2.24) is 0 Å². The number of esters is 2. The third kappa shape index (κ3) is 18.3. The largest absolute Gasteiger partial charge is 0.460 e. The van der Waals surface area contributed by atoms with Gasteiger partial charge in [-0.25, -0.2) is 9.59 Å². The van der Waals surface area contributed by atoms with Crippen LogP contribution in [-0.2, 0) is 33.3 Å². The van der Waals surface area contributed by atoms with Gasteiger partial charge in [0.2, 0.25) is 0 Å². The SMILES string of the molecule is C=C(C)C(=O)OCCOCCOC.C=C(C)C(=O)OCOCC. The molecule has 0 radical (unpaired) electrons. The molecule has 0 aliphatic heterocycles. The Morgan fingerprint density at radius 3 is 1.83 bits per heavy atom. The molecule has 0 aromatic rings. The Kier molecular flexibility index (Phi) is 17.1. The van der Waals surface area contributed by atoms with Crippen LogP contribution in [0.5, 0.6) is 0 Å². The van der Waals surface area contributed by atoms with Crippen molar-refractivity contribution in [2.45, 2.75) is 20.8 Å². The molecule has 0 amide bonds. The van der Waals surface area contributed by atoms with Crippen molar-refractivity contribution in [2.75, 3.05) is 46.9 Å². The van der Waals surface area contributed by atoms with Crippen LogP contribution in [0.25, 0.3) is 0 Å². The van der Waals surface area contributed by atoms with Crippen LogP contribution in [-0.4, -0.2) is 58.9 Å². The van der Waals surface area contributed by atoms with Crippen LogP contribution in [0.15, 0.2) is 24.3 Å². The fraction of sp³-hybridized carbons (Fsp3) is 0.625. The third-order valence-corrected chi connectivity index (χ3v) is 2.07. The highest BCUT2D eigenvalue weighted by molar-refractivity contribution is 5.87. The molecular formula is C16H28O7. The van der Waals surface area contributed by atoms with Gasteiger partial charge < -0.3 is 23.7 Å². The fourth-order valence-corrected chi connectivity index (χ4v) is 0.863. The molecular weight excluding hydrogens is 304 g/mol. The number of ether oxygens (including phenoxy) is 5. The highest BCUT2D eigenvalue weighted by Gasteiger charge is 2.01. The van der Waals surface area contributed by atoms with E-state index in [9.17, 15) is 9.59 Å². The van der Waals surface area contributed by atoms with E-state index in [2.05, 4.69) is 17.9 Å². The number of hydrogen-bond acceptors (Lipinski definition) is 7. The Bertz CT molecular complexity index is 363. The predicted molar refractivity (Wildman–Crippen MR) is 85.9 cm³/mol. The van der Waals surface area contributed by atoms with Gasteiger partial charge in [0.05, 0.1) is 19.8 Å². The molecule has 0 aliphatic rings. The molecule has 0 spiro atoms. The van der Waals surface area contributed by atoms with Gasteiger partial charge in [0, 0.05) is 24.9 Å². The highest BCUT2D eigenvalue weighted by Crippen LogP contribution is 1.92. The molecule has 0 heterocycles. The van der Waals surface area contributed by atoms with Crippen molar-refractivity contribution in [3.8, 4) is 0 Å². The zero-order valence-corrected chi connectivity index (χ0v) is 14.5. The lowest BCUT2D eigenvalue weighted by molar-refractivity contribution is -0.151. The van der Waals surface area contributed by atoms with E-state index in [1.807, 2.05) is 6.92 Å². The van der Waals surface area contributed by atoms with Gasteiger partial charge in [-0.3, -0.25) is 0 Å². The zero-order chi connectivity index (χ0) is 18.1. The number of rotatable bonds is 11. The molecule has 0 aromatic carbocycles. The molecule has 0 rings (SSSR count). The topological polar surface area (TPSA) is 80.3 Å². The average Bonchev–Trinajstić information content (AvgIpc) is 2.51. The van der Waals surface area contributed by atoms with Crippen LogP contribution >= 0.6 is 0 Å². The van der Waals surface area contributed by atoms with E-state index < -0.39 is 5.97 Å². The predicted octanol–water partition coefficient (Wildman–Crippen LogP) is 1.87. The summed E-state index contributed by atoms with van der Waals surface area (Å²) >= 11 is 0. The van der Waals surface area contributed by atoms with E-state index in [1.165, 1.54) is 0 Å². The van der Waals surface area contributed by atoms with Gasteiger partial charge in [0.1, 0.15) is 6.61 Å². The van der Waals surface area contributed by atoms with Crippen LogP contribution in [0.2, 0.25) is 0 Å². The summed E-state index contributed by atoms with van der Waals surface area (Å²) in [6, 6.07) is 0. The maximum absolute atomic E-state index is 10.8. The van der Waals surface area contributed by atoms with Gasteiger partial charge in [0.15, 0.2) is 6.79 Å². The second-order valence-corrected chi connectivity index (χ2v) is 4.34. The van der Waals surface area contributed by atoms with E-state index in [0.29, 0.717) is 37.6 Å². The van der Waals surface area contributed by atoms with Crippen LogP contribution in [0.4, 0.5) is 0 Å². The summed E-state index contributed by atoms with van der Waals surface area (Å²) in [5, 5.41) is 0. The smallest absolute Gasteiger partial charge is 0.335 e. The summed E-state index contributed by atoms with van der Waals surface area (Å²) in [5.74, 6) is -0.788. The van der Waals surface area contributed by atoms with Gasteiger partial charge in [-0.15, -0.1) is 0 Å². The molecule has 7 nitrogen and oxygen atoms in total. The first kappa shape index (κ1) is 23.6. The molecule has 23 heavy (non-hydrogen) atoms. The van der Waals surface area contributed by atoms with Crippen molar-refractivity contribution < 1.29 is 33.3 Å². The van der Waals surface area contributed by atoms with E-state index >= 15 is 0 Å². The Morgan fingerprint density at radius 2 is 1.35 bits per heavy atom. The van der Waals surface area contributed by atoms with Gasteiger partial charge in [-0.2, -0.15) is 0 Å². The molecule has 0 saturated carbocycles. The Labute approximate surface area is 138 Å². The summed E-state index contributed by atoms with van der Waals surface area (Å²) in [7, 11) is 1.60. The minimum Gasteiger partial charge on any atom is -0.460 e. The van der Waals surface area contributed by atoms with Crippen molar-refractivity contribution in [2.24, 2.45) is 0 Å². The third-order valence-electron chi connectivity index (χ3n) is 2.07. The molecule has 0 bridgehead atoms. The molecule has 0 saturated heterocycles. The van der Waals surface area contributed by atoms with Gasteiger partial charge >= 0.3 is 11.9 Å². The summed E-state index contributed by atoms with van der Waals surface area (Å²) < 4.78 is 24.0. The van der Waals surface area contributed by atoms with E-state index in [4.69, 9.17) is 18.9 Å². The van der Waals surface area contributed by atoms with Crippen LogP contribution < -0.4 is 0 Å². The average molecular weight is 332 g/mol. The van der Waals surface area contributed by atoms with E-state index in [-0.39, 0.29) is 19.4 Å². The maximum Gasteiger partial charge on any atom is 0.335 e. The van der Waals surface area contributed by atoms with Crippen molar-refractivity contribution >= 4 is 11.9 Å². The lowest BCUT2D eigenvalue weighted by Crippen LogP contribution is -2.12. The van der Waals surface area contributed by atoms with Crippen molar-refractivity contribution in [3.05, 3.63) is 24.3 Å². The van der Waals surface area contributed by atoms with E-state index in [0.717, 1.165) is 0 Å². The molecule has 0 fully saturated rings. The number of carbonyl (C=O) groups is 2. The molecule has 0 aliphatic carbocycles. The number of methoxy groups -OCH3 is 1. The maximum atomic E-state index is 10.8. The van der Waals surface area contributed by atoms with Crippen LogP contribution in [0.1, 0.15) is 20.8 Å². The lowest BCUT2D eigenvalue weighted by Gasteiger charge is -2.04. The molecule has 7 heteroatoms. The standard InChI is InChI=1S/C9H16O4.C7H12O3/c1-8(2)9(10)13-7-6-12-5-4-11-3;1-4-9-5-10-7(8)6(2)3/h1,4-7H2,2-3H3;2,4-5H2,1,3H3. The Hall–Kier alpha value is -1.70. The second kappa shape index (κ2) is 16.7. The summed E-state index contributed by atoms with van der Waals surface area (Å²) in [6.45, 7) is 14.2. The number of carbonyl (C=O) groups excluding carboxylic acids is 2. The number of hydrogen-bond donors (Lipinski definition) is 0. The Morgan fingerprint density at radius 1 is 0.826 bits per heavy atom. The van der Waals surface area contributed by atoms with Crippen molar-refractivity contribution in [3.63, 3.8) is 0 Å². The first-order valence-electron chi connectivity index (χ1n) is 7.16. The molecule has 0 N–H and O–H groups in total. The zero-order valence-electron chi connectivity index (χ0n) is 14.5. The first-order valence-corrected chi connectivity index (χ1v) is 7.16. The van der Waals surface area contributed by atoms with E-state index in [1.54, 1.807) is 21.0 Å². The highest BCUT2D eigenvalue weighted by atomic mass is 16.7. The van der Waals surface area contributed by atoms with Crippen LogP contribution in [0.3, 0.4) is 0 Å². The van der Waals surface area contributed by atoms with Gasteiger partial charge in [-0.1, -0.05) is 13.2 Å². The normalized spacial score (nSPS) is 9.39. The summed E-state index contributed by atoms with van der Waals surface area (Å²) in [6.07, 6.45) is 0. The van der Waals surface area contributed by atoms with Crippen LogP contribution in [0, 0.1) is 0 Å². The Balaban J connectivity index is 0. The van der Waals surface area contributed by atoms with Gasteiger partial charge in [-0.05, 0) is 20.8 Å². The quantitative estimate of drug-likeness (QED) is 0.247. The van der Waals surface area contributed by atoms with Crippen molar-refractivity contribution in [1.29, 1.82) is 0 Å². The second-order valence-electron chi connectivity index (χ2n) is 4.34. The molecule has 134 valence electrons. The molecule has 0 atom stereocenters. The molecule has 0 aromatic heterocycles. The first-order chi connectivity index (χ1) is 10.9. The fourth-order valence-electron chi connectivity index (χ4n) is 0.863. The minimum absolute atomic E-state index is 0.0161. The van der Waals surface area contributed by atoms with Gasteiger partial charge in [0.25, 0.3) is 0 Å². The summed E-state index contributed by atoms with van der Waals surface area (Å²) in [5.41, 5.74) is 0.789. The minimum atomic E-state index is -0.409. The lowest BCUT2D eigenvalue weighted by atomic mass is 10.4. The summed E-state index contributed by atoms with van der Waals surface area (Å²) in [4.78, 5) is 21.4.